The van der Waals surface area contributed by atoms with Crippen molar-refractivity contribution in [1.29, 1.82) is 0 Å². The molecular formula is C16H15F2NO2. The Hall–Kier alpha value is -2.27. The van der Waals surface area contributed by atoms with E-state index in [9.17, 15) is 18.7 Å². The Kier molecular flexibility index (Phi) is 5.00. The van der Waals surface area contributed by atoms with Gasteiger partial charge < -0.3 is 10.4 Å². The Labute approximate surface area is 121 Å². The fourth-order valence-corrected chi connectivity index (χ4v) is 1.91. The number of aliphatic hydroxyl groups excluding tert-OH is 1. The topological polar surface area (TPSA) is 49.3 Å². The normalized spacial score (nSPS) is 12.0. The number of carbonyl (C=O) groups excluding carboxylic acids is 1. The first-order valence-corrected chi connectivity index (χ1v) is 6.51. The van der Waals surface area contributed by atoms with E-state index in [1.807, 2.05) is 30.3 Å². The molecule has 21 heavy (non-hydrogen) atoms. The highest BCUT2D eigenvalue weighted by molar-refractivity contribution is 5.94. The first-order chi connectivity index (χ1) is 10.1. The first-order valence-electron chi connectivity index (χ1n) is 6.51. The predicted octanol–water partition coefficient (Wildman–Crippen LogP) is 2.30. The van der Waals surface area contributed by atoms with Gasteiger partial charge in [-0.2, -0.15) is 0 Å². The molecule has 5 heteroatoms. The summed E-state index contributed by atoms with van der Waals surface area (Å²) < 4.78 is 25.8. The third-order valence-corrected chi connectivity index (χ3v) is 2.99. The number of hydrogen-bond acceptors (Lipinski definition) is 2. The molecule has 0 saturated heterocycles. The molecule has 2 rings (SSSR count). The monoisotopic (exact) mass is 291 g/mol. The summed E-state index contributed by atoms with van der Waals surface area (Å²) in [6.45, 7) is 0.0344. The van der Waals surface area contributed by atoms with Crippen LogP contribution in [0.15, 0.2) is 48.5 Å². The number of benzene rings is 2. The highest BCUT2D eigenvalue weighted by atomic mass is 19.2. The van der Waals surface area contributed by atoms with Crippen LogP contribution in [0, 0.1) is 11.6 Å². The molecule has 0 saturated carbocycles. The van der Waals surface area contributed by atoms with Gasteiger partial charge in [-0.1, -0.05) is 30.3 Å². The highest BCUT2D eigenvalue weighted by Gasteiger charge is 2.12. The first kappa shape index (κ1) is 15.1. The van der Waals surface area contributed by atoms with Crippen molar-refractivity contribution < 1.29 is 18.7 Å². The van der Waals surface area contributed by atoms with Crippen molar-refractivity contribution in [3.05, 3.63) is 71.3 Å². The Morgan fingerprint density at radius 3 is 2.48 bits per heavy atom. The van der Waals surface area contributed by atoms with Gasteiger partial charge in [0, 0.05) is 18.5 Å². The molecule has 0 heterocycles. The highest BCUT2D eigenvalue weighted by Crippen LogP contribution is 2.08. The maximum atomic E-state index is 13.0. The van der Waals surface area contributed by atoms with Gasteiger partial charge in [0.25, 0.3) is 5.91 Å². The van der Waals surface area contributed by atoms with Crippen molar-refractivity contribution >= 4 is 5.91 Å². The van der Waals surface area contributed by atoms with Crippen LogP contribution >= 0.6 is 0 Å². The van der Waals surface area contributed by atoms with Gasteiger partial charge in [-0.3, -0.25) is 4.79 Å². The summed E-state index contributed by atoms with van der Waals surface area (Å²) in [7, 11) is 0. The minimum absolute atomic E-state index is 0.0146. The van der Waals surface area contributed by atoms with Crippen LogP contribution < -0.4 is 5.32 Å². The fourth-order valence-electron chi connectivity index (χ4n) is 1.91. The molecule has 110 valence electrons. The minimum Gasteiger partial charge on any atom is -0.391 e. The van der Waals surface area contributed by atoms with Gasteiger partial charge in [-0.05, 0) is 23.8 Å². The standard InChI is InChI=1S/C16H15F2NO2/c17-14-7-6-12(9-15(14)18)16(21)19-10-13(20)8-11-4-2-1-3-5-11/h1-7,9,13,20H,8,10H2,(H,19,21)/t13-/m1/s1. The third-order valence-electron chi connectivity index (χ3n) is 2.99. The summed E-state index contributed by atoms with van der Waals surface area (Å²) in [5.74, 6) is -2.64. The molecule has 0 radical (unpaired) electrons. The zero-order valence-electron chi connectivity index (χ0n) is 11.2. The van der Waals surface area contributed by atoms with Crippen LogP contribution in [-0.2, 0) is 6.42 Å². The number of halogens is 2. The average Bonchev–Trinajstić information content (AvgIpc) is 2.48. The summed E-state index contributed by atoms with van der Waals surface area (Å²) in [6.07, 6.45) is -0.347. The van der Waals surface area contributed by atoms with Crippen LogP contribution in [0.25, 0.3) is 0 Å². The average molecular weight is 291 g/mol. The van der Waals surface area contributed by atoms with Crippen molar-refractivity contribution in [2.24, 2.45) is 0 Å². The van der Waals surface area contributed by atoms with Crippen molar-refractivity contribution in [3.8, 4) is 0 Å². The molecule has 2 aromatic carbocycles. The summed E-state index contributed by atoms with van der Waals surface area (Å²) in [5, 5.41) is 12.3. The van der Waals surface area contributed by atoms with Gasteiger partial charge in [-0.15, -0.1) is 0 Å². The molecule has 0 aliphatic heterocycles. The van der Waals surface area contributed by atoms with Gasteiger partial charge in [0.1, 0.15) is 0 Å². The molecule has 0 aromatic heterocycles. The second-order valence-corrected chi connectivity index (χ2v) is 4.68. The molecule has 0 aliphatic carbocycles. The quantitative estimate of drug-likeness (QED) is 0.888. The van der Waals surface area contributed by atoms with Crippen LogP contribution in [0.2, 0.25) is 0 Å². The Bertz CT molecular complexity index is 617. The molecule has 2 N–H and O–H groups in total. The van der Waals surface area contributed by atoms with Crippen molar-refractivity contribution in [3.63, 3.8) is 0 Å². The second kappa shape index (κ2) is 6.95. The van der Waals surface area contributed by atoms with Crippen molar-refractivity contribution in [2.45, 2.75) is 12.5 Å². The molecule has 3 nitrogen and oxygen atoms in total. The molecular weight excluding hydrogens is 276 g/mol. The van der Waals surface area contributed by atoms with E-state index in [4.69, 9.17) is 0 Å². The Morgan fingerprint density at radius 2 is 1.81 bits per heavy atom. The minimum atomic E-state index is -1.08. The van der Waals surface area contributed by atoms with Crippen LogP contribution in [0.4, 0.5) is 8.78 Å². The van der Waals surface area contributed by atoms with Gasteiger partial charge in [0.15, 0.2) is 11.6 Å². The van der Waals surface area contributed by atoms with Gasteiger partial charge in [0.05, 0.1) is 6.10 Å². The lowest BCUT2D eigenvalue weighted by Crippen LogP contribution is -2.33. The number of aliphatic hydroxyl groups is 1. The van der Waals surface area contributed by atoms with E-state index in [0.29, 0.717) is 6.42 Å². The zero-order valence-corrected chi connectivity index (χ0v) is 11.2. The SMILES string of the molecule is O=C(NC[C@H](O)Cc1ccccc1)c1ccc(F)c(F)c1. The number of hydrogen-bond donors (Lipinski definition) is 2. The molecule has 1 atom stereocenters. The largest absolute Gasteiger partial charge is 0.391 e. The number of rotatable bonds is 5. The van der Waals surface area contributed by atoms with Crippen molar-refractivity contribution in [2.75, 3.05) is 6.54 Å². The predicted molar refractivity (Wildman–Crippen MR) is 74.8 cm³/mol. The van der Waals surface area contributed by atoms with Crippen LogP contribution in [-0.4, -0.2) is 23.7 Å². The second-order valence-electron chi connectivity index (χ2n) is 4.68. The molecule has 0 aliphatic rings. The van der Waals surface area contributed by atoms with E-state index < -0.39 is 23.6 Å². The molecule has 0 bridgehead atoms. The maximum absolute atomic E-state index is 13.0. The molecule has 0 unspecified atom stereocenters. The van der Waals surface area contributed by atoms with E-state index in [1.165, 1.54) is 6.07 Å². The summed E-state index contributed by atoms with van der Waals surface area (Å²) in [4.78, 5) is 11.8. The van der Waals surface area contributed by atoms with Crippen LogP contribution in [0.5, 0.6) is 0 Å². The fraction of sp³-hybridized carbons (Fsp3) is 0.188. The summed E-state index contributed by atoms with van der Waals surface area (Å²) >= 11 is 0. The Morgan fingerprint density at radius 1 is 1.10 bits per heavy atom. The van der Waals surface area contributed by atoms with E-state index >= 15 is 0 Å². The van der Waals surface area contributed by atoms with Gasteiger partial charge in [-0.25, -0.2) is 8.78 Å². The van der Waals surface area contributed by atoms with Gasteiger partial charge >= 0.3 is 0 Å². The molecule has 1 amide bonds. The molecule has 0 fully saturated rings. The lowest BCUT2D eigenvalue weighted by Gasteiger charge is -2.12. The lowest BCUT2D eigenvalue weighted by atomic mass is 10.1. The summed E-state index contributed by atoms with van der Waals surface area (Å²) in [6, 6.07) is 12.3. The van der Waals surface area contributed by atoms with Crippen LogP contribution in [0.3, 0.4) is 0 Å². The van der Waals surface area contributed by atoms with Gasteiger partial charge in [0.2, 0.25) is 0 Å². The maximum Gasteiger partial charge on any atom is 0.251 e. The zero-order chi connectivity index (χ0) is 15.2. The summed E-state index contributed by atoms with van der Waals surface area (Å²) in [5.41, 5.74) is 0.966. The lowest BCUT2D eigenvalue weighted by molar-refractivity contribution is 0.0915. The smallest absolute Gasteiger partial charge is 0.251 e. The van der Waals surface area contributed by atoms with E-state index in [-0.39, 0.29) is 12.1 Å². The van der Waals surface area contributed by atoms with E-state index in [2.05, 4.69) is 5.32 Å². The van der Waals surface area contributed by atoms with Crippen molar-refractivity contribution in [1.82, 2.24) is 5.32 Å². The van der Waals surface area contributed by atoms with Crippen LogP contribution in [0.1, 0.15) is 15.9 Å². The number of carbonyl (C=O) groups is 1. The molecule has 0 spiro atoms. The number of nitrogens with one attached hydrogen (secondary N) is 1. The molecule has 2 aromatic rings. The van der Waals surface area contributed by atoms with E-state index in [0.717, 1.165) is 17.7 Å². The number of amides is 1. The Balaban J connectivity index is 1.87. The third kappa shape index (κ3) is 4.36. The van der Waals surface area contributed by atoms with E-state index in [1.54, 1.807) is 0 Å².